The minimum Gasteiger partial charge on any atom is -0.446 e. The number of halogens is 3. The molecule has 0 saturated carbocycles. The van der Waals surface area contributed by atoms with Crippen LogP contribution in [0.5, 0.6) is 11.5 Å². The molecule has 0 heterocycles. The van der Waals surface area contributed by atoms with Crippen LogP contribution in [0.4, 0.5) is 13.2 Å². The van der Waals surface area contributed by atoms with Crippen molar-refractivity contribution in [3.05, 3.63) is 96.1 Å². The van der Waals surface area contributed by atoms with Gasteiger partial charge in [-0.25, -0.2) is 5.43 Å². The summed E-state index contributed by atoms with van der Waals surface area (Å²) < 4.78 is 50.3. The Hall–Kier alpha value is -3.81. The summed E-state index contributed by atoms with van der Waals surface area (Å²) in [5.41, 5.74) is 1.12. The molecule has 0 unspecified atom stereocenters. The number of para-hydroxylation sites is 2. The molecule has 0 aliphatic carbocycles. The smallest absolute Gasteiger partial charge is 0.417 e. The average molecular weight is 414 g/mol. The van der Waals surface area contributed by atoms with E-state index in [-0.39, 0.29) is 5.56 Å². The Morgan fingerprint density at radius 2 is 1.33 bits per heavy atom. The highest BCUT2D eigenvalue weighted by molar-refractivity contribution is 5.85. The Morgan fingerprint density at radius 3 is 1.87 bits per heavy atom. The number of nitrogens with one attached hydrogen (secondary N) is 1. The Balaban J connectivity index is 1.74. The van der Waals surface area contributed by atoms with Gasteiger partial charge in [0.25, 0.3) is 0 Å². The number of nitrogens with zero attached hydrogens (tertiary/aromatic N) is 1. The predicted molar refractivity (Wildman–Crippen MR) is 105 cm³/mol. The molecule has 0 radical (unpaired) electrons. The highest BCUT2D eigenvalue weighted by Crippen LogP contribution is 2.31. The minimum atomic E-state index is -4.54. The summed E-state index contributed by atoms with van der Waals surface area (Å²) in [5.74, 6) is -0.0385. The van der Waals surface area contributed by atoms with Crippen molar-refractivity contribution in [2.45, 2.75) is 12.5 Å². The topological polar surface area (TPSA) is 59.9 Å². The Kier molecular flexibility index (Phi) is 6.69. The number of amides is 1. The van der Waals surface area contributed by atoms with Crippen molar-refractivity contribution < 1.29 is 27.4 Å². The Morgan fingerprint density at radius 1 is 0.833 bits per heavy atom. The highest BCUT2D eigenvalue weighted by Gasteiger charge is 2.32. The van der Waals surface area contributed by atoms with Crippen LogP contribution in [0.25, 0.3) is 0 Å². The molecule has 0 saturated heterocycles. The molecule has 30 heavy (non-hydrogen) atoms. The summed E-state index contributed by atoms with van der Waals surface area (Å²) in [7, 11) is 0. The van der Waals surface area contributed by atoms with Gasteiger partial charge in [-0.15, -0.1) is 0 Å². The van der Waals surface area contributed by atoms with E-state index >= 15 is 0 Å². The van der Waals surface area contributed by atoms with E-state index < -0.39 is 23.9 Å². The van der Waals surface area contributed by atoms with E-state index in [4.69, 9.17) is 9.47 Å². The molecule has 3 rings (SSSR count). The van der Waals surface area contributed by atoms with Crippen molar-refractivity contribution in [1.82, 2.24) is 5.43 Å². The molecule has 0 spiro atoms. The highest BCUT2D eigenvalue weighted by atomic mass is 19.4. The first-order valence-corrected chi connectivity index (χ1v) is 8.86. The normalized spacial score (nSPS) is 11.5. The van der Waals surface area contributed by atoms with Crippen LogP contribution in [0.1, 0.15) is 11.1 Å². The van der Waals surface area contributed by atoms with Gasteiger partial charge >= 0.3 is 18.4 Å². The van der Waals surface area contributed by atoms with Crippen LogP contribution < -0.4 is 14.9 Å². The van der Waals surface area contributed by atoms with Gasteiger partial charge in [0.15, 0.2) is 0 Å². The predicted octanol–water partition coefficient (Wildman–Crippen LogP) is 4.64. The number of benzene rings is 3. The number of hydrogen-bond acceptors (Lipinski definition) is 4. The van der Waals surface area contributed by atoms with Crippen LogP contribution in [-0.4, -0.2) is 18.4 Å². The fourth-order valence-corrected chi connectivity index (χ4v) is 2.46. The Labute approximate surface area is 170 Å². The van der Waals surface area contributed by atoms with Gasteiger partial charge in [0.05, 0.1) is 11.8 Å². The Bertz CT molecular complexity index is 952. The van der Waals surface area contributed by atoms with Crippen LogP contribution >= 0.6 is 0 Å². The molecule has 0 fully saturated rings. The van der Waals surface area contributed by atoms with Crippen molar-refractivity contribution in [3.63, 3.8) is 0 Å². The van der Waals surface area contributed by atoms with Crippen LogP contribution in [-0.2, 0) is 11.0 Å². The van der Waals surface area contributed by atoms with Gasteiger partial charge in [-0.3, -0.25) is 4.79 Å². The summed E-state index contributed by atoms with van der Waals surface area (Å²) in [6.45, 7) is 0. The van der Waals surface area contributed by atoms with Crippen LogP contribution in [0, 0.1) is 0 Å². The molecule has 3 aromatic carbocycles. The van der Waals surface area contributed by atoms with E-state index in [1.54, 1.807) is 60.7 Å². The van der Waals surface area contributed by atoms with Crippen molar-refractivity contribution in [2.24, 2.45) is 5.10 Å². The second-order valence-electron chi connectivity index (χ2n) is 6.01. The quantitative estimate of drug-likeness (QED) is 0.348. The van der Waals surface area contributed by atoms with Gasteiger partial charge in [0.2, 0.25) is 0 Å². The lowest BCUT2D eigenvalue weighted by Crippen LogP contribution is -2.40. The maximum absolute atomic E-state index is 13.1. The molecule has 5 nitrogen and oxygen atoms in total. The van der Waals surface area contributed by atoms with Crippen molar-refractivity contribution in [3.8, 4) is 11.5 Å². The molecule has 0 aliphatic heterocycles. The molecule has 0 bridgehead atoms. The monoisotopic (exact) mass is 414 g/mol. The third-order valence-electron chi connectivity index (χ3n) is 3.83. The van der Waals surface area contributed by atoms with Gasteiger partial charge < -0.3 is 9.47 Å². The van der Waals surface area contributed by atoms with Gasteiger partial charge in [0, 0.05) is 5.56 Å². The maximum atomic E-state index is 13.1. The second-order valence-corrected chi connectivity index (χ2v) is 6.01. The van der Waals surface area contributed by atoms with Gasteiger partial charge in [-0.1, -0.05) is 54.6 Å². The van der Waals surface area contributed by atoms with E-state index in [1.165, 1.54) is 18.2 Å². The fraction of sp³-hybridized carbons (Fsp3) is 0.0909. The first-order chi connectivity index (χ1) is 14.4. The number of rotatable bonds is 7. The fourth-order valence-electron chi connectivity index (χ4n) is 2.46. The van der Waals surface area contributed by atoms with Crippen LogP contribution in [0.3, 0.4) is 0 Å². The van der Waals surface area contributed by atoms with Gasteiger partial charge in [-0.05, 0) is 30.3 Å². The zero-order valence-corrected chi connectivity index (χ0v) is 15.5. The van der Waals surface area contributed by atoms with Crippen molar-refractivity contribution in [1.29, 1.82) is 0 Å². The lowest BCUT2D eigenvalue weighted by molar-refractivity contribution is -0.140. The first kappa shape index (κ1) is 20.9. The number of hydrogen-bond donors (Lipinski definition) is 1. The molecule has 0 atom stereocenters. The molecule has 0 aliphatic rings. The average Bonchev–Trinajstić information content (AvgIpc) is 2.74. The molecule has 1 amide bonds. The third-order valence-corrected chi connectivity index (χ3v) is 3.83. The van der Waals surface area contributed by atoms with E-state index in [1.807, 2.05) is 0 Å². The number of hydrazone groups is 1. The SMILES string of the molecule is O=C(NN=Cc1ccccc1C(F)(F)F)C(Oc1ccccc1)Oc1ccccc1. The summed E-state index contributed by atoms with van der Waals surface area (Å²) in [6, 6.07) is 21.9. The largest absolute Gasteiger partial charge is 0.446 e. The second kappa shape index (κ2) is 9.60. The summed E-state index contributed by atoms with van der Waals surface area (Å²) in [6.07, 6.45) is -5.03. The summed E-state index contributed by atoms with van der Waals surface area (Å²) in [5, 5.41) is 3.64. The summed E-state index contributed by atoms with van der Waals surface area (Å²) >= 11 is 0. The van der Waals surface area contributed by atoms with Crippen molar-refractivity contribution in [2.75, 3.05) is 0 Å². The van der Waals surface area contributed by atoms with E-state index in [2.05, 4.69) is 10.5 Å². The van der Waals surface area contributed by atoms with Gasteiger partial charge in [-0.2, -0.15) is 18.3 Å². The molecule has 0 aromatic heterocycles. The van der Waals surface area contributed by atoms with Crippen LogP contribution in [0.15, 0.2) is 90.0 Å². The lowest BCUT2D eigenvalue weighted by Gasteiger charge is -2.18. The van der Waals surface area contributed by atoms with E-state index in [0.29, 0.717) is 11.5 Å². The zero-order chi connectivity index (χ0) is 21.4. The molecule has 8 heteroatoms. The minimum absolute atomic E-state index is 0.185. The van der Waals surface area contributed by atoms with E-state index in [9.17, 15) is 18.0 Å². The van der Waals surface area contributed by atoms with Crippen LogP contribution in [0.2, 0.25) is 0 Å². The number of carbonyl (C=O) groups excluding carboxylic acids is 1. The molecule has 3 aromatic rings. The number of carbonyl (C=O) groups is 1. The molecule has 1 N–H and O–H groups in total. The lowest BCUT2D eigenvalue weighted by atomic mass is 10.1. The maximum Gasteiger partial charge on any atom is 0.417 e. The molecular formula is C22H17F3N2O3. The van der Waals surface area contributed by atoms with Gasteiger partial charge in [0.1, 0.15) is 11.5 Å². The molecular weight excluding hydrogens is 397 g/mol. The van der Waals surface area contributed by atoms with Crippen molar-refractivity contribution >= 4 is 12.1 Å². The molecule has 154 valence electrons. The summed E-state index contributed by atoms with van der Waals surface area (Å²) in [4.78, 5) is 12.5. The third kappa shape index (κ3) is 5.84. The number of alkyl halides is 3. The standard InChI is InChI=1S/C22H17F3N2O3/c23-22(24,25)19-14-8-7-9-16(19)15-26-27-20(28)21(29-17-10-3-1-4-11-17)30-18-12-5-2-6-13-18/h1-15,21H,(H,27,28). The van der Waals surface area contributed by atoms with E-state index in [0.717, 1.165) is 12.3 Å². The number of ether oxygens (including phenoxy) is 2. The first-order valence-electron chi connectivity index (χ1n) is 8.86. The zero-order valence-electron chi connectivity index (χ0n) is 15.5.